The van der Waals surface area contributed by atoms with Crippen LogP contribution in [0.15, 0.2) is 36.5 Å². The second-order valence-corrected chi connectivity index (χ2v) is 2.66. The highest BCUT2D eigenvalue weighted by Gasteiger charge is 2.00. The molecule has 0 spiro atoms. The number of hydrogen-bond donors (Lipinski definition) is 0. The van der Waals surface area contributed by atoms with Crippen LogP contribution in [0.3, 0.4) is 0 Å². The highest BCUT2D eigenvalue weighted by molar-refractivity contribution is 6.01. The number of hydrogen-bond acceptors (Lipinski definition) is 3. The molecule has 0 aliphatic rings. The van der Waals surface area contributed by atoms with Gasteiger partial charge < -0.3 is 9.90 Å². The SMILES string of the molecule is O=C([O-])c1cccc2ncccc12. The van der Waals surface area contributed by atoms with E-state index in [9.17, 15) is 9.90 Å². The molecule has 0 aliphatic heterocycles. The highest BCUT2D eigenvalue weighted by Crippen LogP contribution is 2.15. The molecule has 3 heteroatoms. The maximum Gasteiger partial charge on any atom is 0.0722 e. The Morgan fingerprint density at radius 3 is 2.85 bits per heavy atom. The Bertz CT molecular complexity index is 460. The van der Waals surface area contributed by atoms with Crippen molar-refractivity contribution in [3.05, 3.63) is 42.1 Å². The Labute approximate surface area is 74.7 Å². The van der Waals surface area contributed by atoms with Gasteiger partial charge in [0.1, 0.15) is 0 Å². The molecule has 0 bridgehead atoms. The molecule has 1 heterocycles. The monoisotopic (exact) mass is 172 g/mol. The summed E-state index contributed by atoms with van der Waals surface area (Å²) in [6.07, 6.45) is 1.63. The summed E-state index contributed by atoms with van der Waals surface area (Å²) >= 11 is 0. The Kier molecular flexibility index (Phi) is 1.70. The average Bonchev–Trinajstić information content (AvgIpc) is 2.17. The zero-order valence-corrected chi connectivity index (χ0v) is 6.73. The standard InChI is InChI=1S/C10H7NO2/c12-10(13)8-3-1-5-9-7(8)4-2-6-11-9/h1-6H,(H,12,13)/p-1. The summed E-state index contributed by atoms with van der Waals surface area (Å²) in [4.78, 5) is 14.7. The molecule has 0 radical (unpaired) electrons. The molecule has 1 aromatic carbocycles. The van der Waals surface area contributed by atoms with E-state index in [-0.39, 0.29) is 5.56 Å². The molecule has 64 valence electrons. The van der Waals surface area contributed by atoms with E-state index >= 15 is 0 Å². The summed E-state index contributed by atoms with van der Waals surface area (Å²) in [5.41, 5.74) is 0.856. The second kappa shape index (κ2) is 2.86. The Morgan fingerprint density at radius 2 is 2.08 bits per heavy atom. The number of pyridine rings is 1. The molecule has 0 amide bonds. The molecule has 0 unspecified atom stereocenters. The number of carbonyl (C=O) groups excluding carboxylic acids is 1. The molecule has 0 atom stereocenters. The third-order valence-corrected chi connectivity index (χ3v) is 1.87. The summed E-state index contributed by atoms with van der Waals surface area (Å²) in [5.74, 6) is -1.17. The molecular weight excluding hydrogens is 166 g/mol. The summed E-state index contributed by atoms with van der Waals surface area (Å²) < 4.78 is 0. The first-order chi connectivity index (χ1) is 6.29. The molecule has 3 nitrogen and oxygen atoms in total. The van der Waals surface area contributed by atoms with Gasteiger partial charge in [0.2, 0.25) is 0 Å². The minimum atomic E-state index is -1.17. The third kappa shape index (κ3) is 1.24. The fourth-order valence-corrected chi connectivity index (χ4v) is 1.28. The topological polar surface area (TPSA) is 53.0 Å². The van der Waals surface area contributed by atoms with Crippen molar-refractivity contribution in [2.24, 2.45) is 0 Å². The van der Waals surface area contributed by atoms with E-state index in [1.54, 1.807) is 30.5 Å². The molecule has 0 saturated heterocycles. The van der Waals surface area contributed by atoms with Crippen LogP contribution in [0.4, 0.5) is 0 Å². The number of carbonyl (C=O) groups is 1. The normalized spacial score (nSPS) is 10.2. The van der Waals surface area contributed by atoms with E-state index in [1.807, 2.05) is 0 Å². The van der Waals surface area contributed by atoms with Crippen molar-refractivity contribution >= 4 is 16.9 Å². The third-order valence-electron chi connectivity index (χ3n) is 1.87. The first kappa shape index (κ1) is 7.73. The number of fused-ring (bicyclic) bond motifs is 1. The van der Waals surface area contributed by atoms with Crippen LogP contribution in [-0.4, -0.2) is 11.0 Å². The largest absolute Gasteiger partial charge is 0.545 e. The van der Waals surface area contributed by atoms with Crippen molar-refractivity contribution in [1.82, 2.24) is 4.98 Å². The van der Waals surface area contributed by atoms with Crippen LogP contribution >= 0.6 is 0 Å². The minimum Gasteiger partial charge on any atom is -0.545 e. The number of carboxylic acid groups (broad SMARTS) is 1. The van der Waals surface area contributed by atoms with E-state index in [4.69, 9.17) is 0 Å². The van der Waals surface area contributed by atoms with Gasteiger partial charge in [-0.15, -0.1) is 0 Å². The molecule has 0 aliphatic carbocycles. The number of rotatable bonds is 1. The lowest BCUT2D eigenvalue weighted by atomic mass is 10.1. The highest BCUT2D eigenvalue weighted by atomic mass is 16.4. The van der Waals surface area contributed by atoms with E-state index in [1.165, 1.54) is 6.07 Å². The molecule has 1 aromatic heterocycles. The number of nitrogens with zero attached hydrogens (tertiary/aromatic N) is 1. The maximum atomic E-state index is 10.7. The molecule has 0 saturated carbocycles. The Morgan fingerprint density at radius 1 is 1.23 bits per heavy atom. The predicted octanol–water partition coefficient (Wildman–Crippen LogP) is 0.598. The lowest BCUT2D eigenvalue weighted by Crippen LogP contribution is -2.22. The summed E-state index contributed by atoms with van der Waals surface area (Å²) in [7, 11) is 0. The fraction of sp³-hybridized carbons (Fsp3) is 0. The van der Waals surface area contributed by atoms with Gasteiger partial charge in [-0.25, -0.2) is 0 Å². The molecule has 0 N–H and O–H groups in total. The first-order valence-corrected chi connectivity index (χ1v) is 3.84. The lowest BCUT2D eigenvalue weighted by molar-refractivity contribution is -0.254. The fourth-order valence-electron chi connectivity index (χ4n) is 1.28. The number of aromatic carboxylic acids is 1. The van der Waals surface area contributed by atoms with Crippen LogP contribution in [-0.2, 0) is 0 Å². The summed E-state index contributed by atoms with van der Waals surface area (Å²) in [5, 5.41) is 11.3. The van der Waals surface area contributed by atoms with Crippen molar-refractivity contribution in [1.29, 1.82) is 0 Å². The summed E-state index contributed by atoms with van der Waals surface area (Å²) in [6, 6.07) is 8.35. The smallest absolute Gasteiger partial charge is 0.0722 e. The Hall–Kier alpha value is -1.90. The van der Waals surface area contributed by atoms with E-state index in [0.717, 1.165) is 0 Å². The quantitative estimate of drug-likeness (QED) is 0.632. The van der Waals surface area contributed by atoms with Gasteiger partial charge in [0.15, 0.2) is 0 Å². The number of aromatic nitrogens is 1. The van der Waals surface area contributed by atoms with E-state index in [0.29, 0.717) is 10.9 Å². The minimum absolute atomic E-state index is 0.186. The van der Waals surface area contributed by atoms with Gasteiger partial charge in [-0.2, -0.15) is 0 Å². The lowest BCUT2D eigenvalue weighted by Gasteiger charge is -2.05. The van der Waals surface area contributed by atoms with Crippen molar-refractivity contribution in [2.75, 3.05) is 0 Å². The number of benzene rings is 1. The summed E-state index contributed by atoms with van der Waals surface area (Å²) in [6.45, 7) is 0. The van der Waals surface area contributed by atoms with Crippen molar-refractivity contribution in [2.45, 2.75) is 0 Å². The first-order valence-electron chi connectivity index (χ1n) is 3.84. The van der Waals surface area contributed by atoms with E-state index in [2.05, 4.69) is 4.98 Å². The molecule has 0 fully saturated rings. The molecule has 2 aromatic rings. The van der Waals surface area contributed by atoms with Crippen molar-refractivity contribution in [3.63, 3.8) is 0 Å². The predicted molar refractivity (Wildman–Crippen MR) is 46.1 cm³/mol. The van der Waals surface area contributed by atoms with Crippen LogP contribution in [0.1, 0.15) is 10.4 Å². The zero-order chi connectivity index (χ0) is 9.26. The van der Waals surface area contributed by atoms with Gasteiger partial charge in [0, 0.05) is 17.1 Å². The van der Waals surface area contributed by atoms with E-state index < -0.39 is 5.97 Å². The van der Waals surface area contributed by atoms with Gasteiger partial charge in [-0.1, -0.05) is 18.2 Å². The molecule has 2 rings (SSSR count). The van der Waals surface area contributed by atoms with Crippen LogP contribution in [0.5, 0.6) is 0 Å². The Balaban J connectivity index is 2.83. The van der Waals surface area contributed by atoms with Gasteiger partial charge in [-0.3, -0.25) is 4.98 Å². The van der Waals surface area contributed by atoms with Crippen LogP contribution in [0.2, 0.25) is 0 Å². The zero-order valence-electron chi connectivity index (χ0n) is 6.73. The van der Waals surface area contributed by atoms with Crippen LogP contribution in [0, 0.1) is 0 Å². The van der Waals surface area contributed by atoms with Crippen LogP contribution < -0.4 is 5.11 Å². The average molecular weight is 172 g/mol. The van der Waals surface area contributed by atoms with Gasteiger partial charge in [0.05, 0.1) is 11.5 Å². The van der Waals surface area contributed by atoms with Crippen LogP contribution in [0.25, 0.3) is 10.9 Å². The molecular formula is C10H6NO2-. The second-order valence-electron chi connectivity index (χ2n) is 2.66. The van der Waals surface area contributed by atoms with Gasteiger partial charge >= 0.3 is 0 Å². The molecule has 13 heavy (non-hydrogen) atoms. The maximum absolute atomic E-state index is 10.7. The van der Waals surface area contributed by atoms with Gasteiger partial charge in [-0.05, 0) is 12.1 Å². The van der Waals surface area contributed by atoms with Gasteiger partial charge in [0.25, 0.3) is 0 Å². The van der Waals surface area contributed by atoms with Crippen molar-refractivity contribution in [3.8, 4) is 0 Å². The number of carboxylic acids is 1. The van der Waals surface area contributed by atoms with Crippen molar-refractivity contribution < 1.29 is 9.90 Å².